The molecule has 4 bridgehead atoms. The summed E-state index contributed by atoms with van der Waals surface area (Å²) in [6, 6.07) is 16.4. The van der Waals surface area contributed by atoms with Gasteiger partial charge in [-0.2, -0.15) is 0 Å². The van der Waals surface area contributed by atoms with Crippen molar-refractivity contribution in [1.29, 1.82) is 0 Å². The molecule has 0 radical (unpaired) electrons. The van der Waals surface area contributed by atoms with Crippen LogP contribution in [0.15, 0.2) is 48.5 Å². The summed E-state index contributed by atoms with van der Waals surface area (Å²) in [6.07, 6.45) is 0. The molecule has 0 aliphatic carbocycles. The molecule has 1 aliphatic heterocycles. The number of aromatic nitrogens is 3. The van der Waals surface area contributed by atoms with Crippen molar-refractivity contribution in [1.82, 2.24) is 14.8 Å². The maximum Gasteiger partial charge on any atom is 0.231 e. The highest BCUT2D eigenvalue weighted by atomic mass is 16.5. The van der Waals surface area contributed by atoms with Gasteiger partial charge in [0.15, 0.2) is 5.82 Å². The van der Waals surface area contributed by atoms with Gasteiger partial charge in [-0.15, -0.1) is 10.2 Å². The Balaban J connectivity index is 2.08. The number of fused-ring (bicyclic) bond motifs is 7. The minimum Gasteiger partial charge on any atom is -0.483 e. The van der Waals surface area contributed by atoms with Crippen LogP contribution in [0.3, 0.4) is 0 Å². The Bertz CT molecular complexity index is 911. The predicted molar refractivity (Wildman–Crippen MR) is 94.8 cm³/mol. The van der Waals surface area contributed by atoms with Gasteiger partial charge in [0, 0.05) is 19.7 Å². The van der Waals surface area contributed by atoms with Crippen LogP contribution in [0.1, 0.15) is 19.4 Å². The first-order chi connectivity index (χ1) is 11.5. The molecule has 2 heterocycles. The lowest BCUT2D eigenvalue weighted by Crippen LogP contribution is -2.26. The third kappa shape index (κ3) is 2.24. The predicted octanol–water partition coefficient (Wildman–Crippen LogP) is 3.63. The van der Waals surface area contributed by atoms with Gasteiger partial charge >= 0.3 is 0 Å². The van der Waals surface area contributed by atoms with Crippen LogP contribution in [-0.2, 0) is 5.60 Å². The Hall–Kier alpha value is -2.82. The Morgan fingerprint density at radius 1 is 1.00 bits per heavy atom. The number of hydrogen-bond donors (Lipinski definition) is 0. The van der Waals surface area contributed by atoms with Gasteiger partial charge in [0.25, 0.3) is 0 Å². The molecular weight excluding hydrogens is 300 g/mol. The van der Waals surface area contributed by atoms with Crippen molar-refractivity contribution >= 4 is 5.95 Å². The first kappa shape index (κ1) is 14.8. The summed E-state index contributed by atoms with van der Waals surface area (Å²) in [6.45, 7) is 4.17. The quantitative estimate of drug-likeness (QED) is 0.687. The average Bonchev–Trinajstić information content (AvgIpc) is 2.99. The highest BCUT2D eigenvalue weighted by Crippen LogP contribution is 2.35. The first-order valence-electron chi connectivity index (χ1n) is 7.99. The van der Waals surface area contributed by atoms with Crippen molar-refractivity contribution in [3.8, 4) is 22.8 Å². The Morgan fingerprint density at radius 3 is 2.58 bits per heavy atom. The number of ether oxygens (including phenoxy) is 1. The zero-order valence-corrected chi connectivity index (χ0v) is 14.3. The van der Waals surface area contributed by atoms with Gasteiger partial charge in [0.1, 0.15) is 11.4 Å². The fraction of sp³-hybridized carbons (Fsp3) is 0.263. The van der Waals surface area contributed by atoms with E-state index in [1.165, 1.54) is 0 Å². The molecule has 122 valence electrons. The molecule has 4 rings (SSSR count). The van der Waals surface area contributed by atoms with Crippen LogP contribution >= 0.6 is 0 Å². The molecule has 0 atom stereocenters. The minimum absolute atomic E-state index is 0.432. The second kappa shape index (κ2) is 5.09. The van der Waals surface area contributed by atoms with Gasteiger partial charge in [0.2, 0.25) is 5.95 Å². The summed E-state index contributed by atoms with van der Waals surface area (Å²) < 4.78 is 8.35. The van der Waals surface area contributed by atoms with Gasteiger partial charge in [-0.3, -0.25) is 4.57 Å². The Kier molecular flexibility index (Phi) is 3.13. The van der Waals surface area contributed by atoms with E-state index in [1.807, 2.05) is 43.3 Å². The summed E-state index contributed by atoms with van der Waals surface area (Å²) in [4.78, 5) is 1.97. The van der Waals surface area contributed by atoms with Crippen molar-refractivity contribution in [3.05, 3.63) is 54.1 Å². The van der Waals surface area contributed by atoms with Crippen LogP contribution < -0.4 is 9.64 Å². The lowest BCUT2D eigenvalue weighted by Gasteiger charge is -2.29. The number of rotatable bonds is 1. The topological polar surface area (TPSA) is 43.2 Å². The van der Waals surface area contributed by atoms with Crippen molar-refractivity contribution in [2.45, 2.75) is 19.4 Å². The van der Waals surface area contributed by atoms with Crippen LogP contribution in [0, 0.1) is 0 Å². The third-order valence-corrected chi connectivity index (χ3v) is 4.31. The molecule has 0 unspecified atom stereocenters. The summed E-state index contributed by atoms with van der Waals surface area (Å²) >= 11 is 0. The fourth-order valence-electron chi connectivity index (χ4n) is 3.06. The van der Waals surface area contributed by atoms with Crippen molar-refractivity contribution in [2.75, 3.05) is 19.0 Å². The number of hydrogen-bond acceptors (Lipinski definition) is 4. The van der Waals surface area contributed by atoms with Gasteiger partial charge in [-0.05, 0) is 43.7 Å². The van der Waals surface area contributed by atoms with Gasteiger partial charge in [-0.25, -0.2) is 0 Å². The van der Waals surface area contributed by atoms with Crippen LogP contribution in [-0.4, -0.2) is 28.9 Å². The second-order valence-electron chi connectivity index (χ2n) is 6.74. The summed E-state index contributed by atoms with van der Waals surface area (Å²) in [7, 11) is 3.95. The van der Waals surface area contributed by atoms with Gasteiger partial charge < -0.3 is 9.64 Å². The summed E-state index contributed by atoms with van der Waals surface area (Å²) in [5.41, 5.74) is 2.69. The minimum atomic E-state index is -0.432. The highest BCUT2D eigenvalue weighted by molar-refractivity contribution is 5.64. The molecule has 0 spiro atoms. The molecule has 0 saturated heterocycles. The zero-order chi connectivity index (χ0) is 16.9. The van der Waals surface area contributed by atoms with E-state index in [2.05, 4.69) is 52.9 Å². The van der Waals surface area contributed by atoms with E-state index >= 15 is 0 Å². The van der Waals surface area contributed by atoms with Crippen LogP contribution in [0.5, 0.6) is 5.75 Å². The van der Waals surface area contributed by atoms with E-state index in [4.69, 9.17) is 4.74 Å². The summed E-state index contributed by atoms with van der Waals surface area (Å²) in [5.74, 6) is 2.43. The molecule has 3 aromatic rings. The zero-order valence-electron chi connectivity index (χ0n) is 14.3. The van der Waals surface area contributed by atoms with Crippen LogP contribution in [0.4, 0.5) is 5.95 Å². The normalized spacial score (nSPS) is 14.5. The molecular formula is C19H20N4O. The lowest BCUT2D eigenvalue weighted by atomic mass is 9.97. The van der Waals surface area contributed by atoms with Crippen molar-refractivity contribution < 1.29 is 4.74 Å². The third-order valence-electron chi connectivity index (χ3n) is 4.31. The molecule has 0 fully saturated rings. The number of anilines is 1. The Labute approximate surface area is 141 Å². The Morgan fingerprint density at radius 2 is 1.79 bits per heavy atom. The van der Waals surface area contributed by atoms with E-state index in [0.717, 1.165) is 34.3 Å². The molecule has 5 heteroatoms. The van der Waals surface area contributed by atoms with Crippen molar-refractivity contribution in [3.63, 3.8) is 0 Å². The molecule has 0 N–H and O–H groups in total. The number of benzene rings is 2. The molecule has 1 aliphatic rings. The smallest absolute Gasteiger partial charge is 0.231 e. The first-order valence-corrected chi connectivity index (χ1v) is 7.99. The van der Waals surface area contributed by atoms with Crippen LogP contribution in [0.2, 0.25) is 0 Å². The number of nitrogens with zero attached hydrogens (tertiary/aromatic N) is 4. The molecule has 2 aromatic carbocycles. The molecule has 0 saturated carbocycles. The largest absolute Gasteiger partial charge is 0.483 e. The second-order valence-corrected chi connectivity index (χ2v) is 6.74. The van der Waals surface area contributed by atoms with Crippen molar-refractivity contribution in [2.24, 2.45) is 0 Å². The van der Waals surface area contributed by atoms with E-state index in [9.17, 15) is 0 Å². The maximum absolute atomic E-state index is 6.26. The molecule has 24 heavy (non-hydrogen) atoms. The standard InChI is InChI=1S/C19H20N4O/c1-19(2)14-8-6-9-15(12-14)23-17(20-21-18(23)22(3)4)13-7-5-10-16(11-13)24-19/h5-12H,1-4H3. The van der Waals surface area contributed by atoms with E-state index in [0.29, 0.717) is 0 Å². The summed E-state index contributed by atoms with van der Waals surface area (Å²) in [5, 5.41) is 8.81. The SMILES string of the molecule is CN(C)c1nnc2n1-c1cccc(c1)C(C)(C)Oc1cccc-2c1. The lowest BCUT2D eigenvalue weighted by molar-refractivity contribution is 0.109. The average molecular weight is 320 g/mol. The van der Waals surface area contributed by atoms with Gasteiger partial charge in [0.05, 0.1) is 5.69 Å². The van der Waals surface area contributed by atoms with Gasteiger partial charge in [-0.1, -0.05) is 24.3 Å². The van der Waals surface area contributed by atoms with E-state index in [-0.39, 0.29) is 0 Å². The highest BCUT2D eigenvalue weighted by Gasteiger charge is 2.26. The van der Waals surface area contributed by atoms with E-state index < -0.39 is 5.60 Å². The molecule has 0 amide bonds. The molecule has 5 nitrogen and oxygen atoms in total. The maximum atomic E-state index is 6.26. The van der Waals surface area contributed by atoms with Crippen LogP contribution in [0.25, 0.3) is 17.1 Å². The molecule has 1 aromatic heterocycles. The van der Waals surface area contributed by atoms with E-state index in [1.54, 1.807) is 0 Å². The fourth-order valence-corrected chi connectivity index (χ4v) is 3.06. The monoisotopic (exact) mass is 320 g/mol.